The molecule has 4 heterocycles. The molecule has 0 saturated carbocycles. The minimum Gasteiger partial charge on any atom is -0.465 e. The van der Waals surface area contributed by atoms with Crippen LogP contribution in [0.15, 0.2) is 24.3 Å². The number of rotatable bonds is 5. The minimum absolute atomic E-state index is 0.00759. The van der Waals surface area contributed by atoms with Gasteiger partial charge in [-0.25, -0.2) is 0 Å². The second kappa shape index (κ2) is 9.44. The van der Waals surface area contributed by atoms with Crippen LogP contribution in [0.3, 0.4) is 0 Å². The molecule has 37 heavy (non-hydrogen) atoms. The number of thioether (sulfide) groups is 1. The topological polar surface area (TPSA) is 87.2 Å². The molecule has 0 bridgehead atoms. The van der Waals surface area contributed by atoms with Gasteiger partial charge in [0, 0.05) is 16.8 Å². The molecule has 2 amide bonds. The Hall–Kier alpha value is -1.80. The second-order valence-electron chi connectivity index (χ2n) is 13.5. The molecule has 1 N–H and O–H groups in total. The van der Waals surface area contributed by atoms with Crippen molar-refractivity contribution in [1.82, 2.24) is 9.80 Å². The molecule has 1 unspecified atom stereocenters. The zero-order valence-electron chi connectivity index (χ0n) is 23.6. The fourth-order valence-electron chi connectivity index (χ4n) is 7.34. The molecule has 0 aromatic carbocycles. The van der Waals surface area contributed by atoms with Crippen molar-refractivity contribution in [2.45, 2.75) is 95.3 Å². The van der Waals surface area contributed by atoms with Crippen LogP contribution in [0.1, 0.15) is 68.2 Å². The largest absolute Gasteiger partial charge is 0.465 e. The first-order valence-electron chi connectivity index (χ1n) is 13.6. The number of ether oxygens (including phenoxy) is 1. The first-order valence-corrected chi connectivity index (χ1v) is 14.4. The Kier molecular flexibility index (Phi) is 7.20. The van der Waals surface area contributed by atoms with Gasteiger partial charge >= 0.3 is 5.97 Å². The standard InChI is InChI=1S/C29H44N2O5S/c1-18(2)19(16-32)31-22-24(34)30(27(6,7)17-26(3,4)5)14-11-13-29(22)20(23(31)33)21-25(35)36-15-10-9-12-28(21,8)37-29/h9,11-13,18-22,32H,10,14-17H2,1-8H3/t19-,20-,21-,22?,28+,29-/m0/s1. The van der Waals surface area contributed by atoms with E-state index >= 15 is 0 Å². The van der Waals surface area contributed by atoms with Crippen LogP contribution in [-0.2, 0) is 19.1 Å². The Bertz CT molecular complexity index is 1010. The van der Waals surface area contributed by atoms with Gasteiger partial charge in [0.2, 0.25) is 11.8 Å². The summed E-state index contributed by atoms with van der Waals surface area (Å²) in [5, 5.41) is 10.4. The summed E-state index contributed by atoms with van der Waals surface area (Å²) < 4.78 is 3.99. The van der Waals surface area contributed by atoms with Crippen LogP contribution < -0.4 is 0 Å². The minimum atomic E-state index is -0.934. The van der Waals surface area contributed by atoms with Gasteiger partial charge in [0.05, 0.1) is 35.8 Å². The number of hydrogen-bond donors (Lipinski definition) is 1. The molecule has 1 spiro atoms. The summed E-state index contributed by atoms with van der Waals surface area (Å²) in [7, 11) is 0. The fourth-order valence-corrected chi connectivity index (χ4v) is 9.48. The Morgan fingerprint density at radius 2 is 1.76 bits per heavy atom. The zero-order valence-corrected chi connectivity index (χ0v) is 24.4. The molecule has 4 rings (SSSR count). The van der Waals surface area contributed by atoms with Crippen LogP contribution in [0.25, 0.3) is 0 Å². The quantitative estimate of drug-likeness (QED) is 0.428. The molecule has 4 aliphatic rings. The third-order valence-corrected chi connectivity index (χ3v) is 10.3. The van der Waals surface area contributed by atoms with Gasteiger partial charge in [-0.2, -0.15) is 0 Å². The molecule has 0 radical (unpaired) electrons. The number of aliphatic hydroxyl groups excluding tert-OH is 1. The van der Waals surface area contributed by atoms with Crippen LogP contribution in [0.2, 0.25) is 0 Å². The average molecular weight is 533 g/mol. The lowest BCUT2D eigenvalue weighted by Crippen LogP contribution is -2.61. The van der Waals surface area contributed by atoms with Gasteiger partial charge < -0.3 is 19.6 Å². The molecule has 8 heteroatoms. The highest BCUT2D eigenvalue weighted by molar-refractivity contribution is 8.02. The third-order valence-electron chi connectivity index (χ3n) is 8.47. The predicted molar refractivity (Wildman–Crippen MR) is 146 cm³/mol. The number of cyclic esters (lactones) is 1. The van der Waals surface area contributed by atoms with Crippen LogP contribution in [-0.4, -0.2) is 79.6 Å². The van der Waals surface area contributed by atoms with Crippen LogP contribution >= 0.6 is 11.8 Å². The summed E-state index contributed by atoms with van der Waals surface area (Å²) in [6.45, 7) is 17.0. The first kappa shape index (κ1) is 28.2. The Labute approximate surface area is 226 Å². The second-order valence-corrected chi connectivity index (χ2v) is 15.3. The summed E-state index contributed by atoms with van der Waals surface area (Å²) >= 11 is 1.55. The van der Waals surface area contributed by atoms with Crippen molar-refractivity contribution >= 4 is 29.5 Å². The van der Waals surface area contributed by atoms with E-state index in [1.807, 2.05) is 50.0 Å². The fraction of sp³-hybridized carbons (Fsp3) is 0.759. The van der Waals surface area contributed by atoms with Gasteiger partial charge in [-0.05, 0) is 44.9 Å². The Morgan fingerprint density at radius 1 is 1.08 bits per heavy atom. The molecule has 6 atom stereocenters. The lowest BCUT2D eigenvalue weighted by Gasteiger charge is -2.46. The molecule has 0 aliphatic carbocycles. The molecular formula is C29H44N2O5S. The van der Waals surface area contributed by atoms with Crippen molar-refractivity contribution in [3.05, 3.63) is 24.3 Å². The van der Waals surface area contributed by atoms with Gasteiger partial charge in [0.25, 0.3) is 0 Å². The van der Waals surface area contributed by atoms with Crippen molar-refractivity contribution in [3.8, 4) is 0 Å². The number of likely N-dealkylation sites (tertiary alicyclic amines) is 1. The van der Waals surface area contributed by atoms with E-state index in [9.17, 15) is 19.5 Å². The first-order chi connectivity index (χ1) is 17.1. The highest BCUT2D eigenvalue weighted by Crippen LogP contribution is 2.66. The maximum absolute atomic E-state index is 14.7. The van der Waals surface area contributed by atoms with Gasteiger partial charge in [-0.15, -0.1) is 11.8 Å². The van der Waals surface area contributed by atoms with Crippen molar-refractivity contribution < 1.29 is 24.2 Å². The maximum atomic E-state index is 14.7. The number of esters is 1. The Balaban J connectivity index is 1.90. The summed E-state index contributed by atoms with van der Waals surface area (Å²) in [5.74, 6) is -2.26. The molecule has 0 aromatic heterocycles. The van der Waals surface area contributed by atoms with E-state index in [-0.39, 0.29) is 42.3 Å². The molecule has 0 aromatic rings. The van der Waals surface area contributed by atoms with Gasteiger partial charge in [0.1, 0.15) is 6.04 Å². The lowest BCUT2D eigenvalue weighted by molar-refractivity contribution is -0.155. The van der Waals surface area contributed by atoms with Crippen LogP contribution in [0, 0.1) is 23.2 Å². The Morgan fingerprint density at radius 3 is 2.35 bits per heavy atom. The summed E-state index contributed by atoms with van der Waals surface area (Å²) in [6.07, 6.45) is 9.52. The van der Waals surface area contributed by atoms with E-state index in [2.05, 4.69) is 34.6 Å². The maximum Gasteiger partial charge on any atom is 0.311 e. The van der Waals surface area contributed by atoms with Crippen molar-refractivity contribution in [1.29, 1.82) is 0 Å². The predicted octanol–water partition coefficient (Wildman–Crippen LogP) is 3.81. The summed E-state index contributed by atoms with van der Waals surface area (Å²) in [4.78, 5) is 46.1. The summed E-state index contributed by atoms with van der Waals surface area (Å²) in [6, 6.07) is -1.35. The average Bonchev–Trinajstić information content (AvgIpc) is 3.06. The number of fused-ring (bicyclic) bond motifs is 2. The molecular weight excluding hydrogens is 488 g/mol. The molecule has 4 aliphatic heterocycles. The van der Waals surface area contributed by atoms with Crippen molar-refractivity contribution in [3.63, 3.8) is 0 Å². The van der Waals surface area contributed by atoms with E-state index in [1.165, 1.54) is 0 Å². The van der Waals surface area contributed by atoms with Crippen molar-refractivity contribution in [2.75, 3.05) is 19.8 Å². The highest BCUT2D eigenvalue weighted by atomic mass is 32.2. The number of nitrogens with zero attached hydrogens (tertiary/aromatic N) is 2. The van der Waals surface area contributed by atoms with Gasteiger partial charge in [0.15, 0.2) is 0 Å². The molecule has 206 valence electrons. The van der Waals surface area contributed by atoms with Crippen molar-refractivity contribution in [2.24, 2.45) is 23.2 Å². The molecule has 2 saturated heterocycles. The highest BCUT2D eigenvalue weighted by Gasteiger charge is 2.75. The number of hydrogen-bond acceptors (Lipinski definition) is 6. The van der Waals surface area contributed by atoms with E-state index in [4.69, 9.17) is 4.74 Å². The monoisotopic (exact) mass is 532 g/mol. The van der Waals surface area contributed by atoms with Gasteiger partial charge in [-0.3, -0.25) is 14.4 Å². The number of carbonyl (C=O) groups excluding carboxylic acids is 3. The lowest BCUT2D eigenvalue weighted by atomic mass is 9.74. The zero-order chi connectivity index (χ0) is 27.6. The van der Waals surface area contributed by atoms with Crippen LogP contribution in [0.4, 0.5) is 0 Å². The van der Waals surface area contributed by atoms with Crippen LogP contribution in [0.5, 0.6) is 0 Å². The van der Waals surface area contributed by atoms with E-state index in [0.29, 0.717) is 13.0 Å². The van der Waals surface area contributed by atoms with E-state index < -0.39 is 39.0 Å². The summed E-state index contributed by atoms with van der Waals surface area (Å²) in [5.41, 5.74) is -0.468. The number of carbonyl (C=O) groups is 3. The van der Waals surface area contributed by atoms with E-state index in [0.717, 1.165) is 6.42 Å². The SMILES string of the molecule is CC(C)[C@H](CO)N1C(=O)[C@@H]2[C@H]3C(=O)OCCC=C[C@@]3(C)S[C@@]23C=CCN(C(C)(C)CC(C)(C)C)C(=O)C13. The number of aliphatic hydroxyl groups is 1. The smallest absolute Gasteiger partial charge is 0.311 e. The normalized spacial score (nSPS) is 35.1. The third kappa shape index (κ3) is 4.56. The number of amides is 2. The van der Waals surface area contributed by atoms with E-state index in [1.54, 1.807) is 16.7 Å². The molecule has 7 nitrogen and oxygen atoms in total. The van der Waals surface area contributed by atoms with Gasteiger partial charge in [-0.1, -0.05) is 58.9 Å². The molecule has 2 fully saturated rings.